The first kappa shape index (κ1) is 14.1. The smallest absolute Gasteiger partial charge is 0.249 e. The predicted octanol–water partition coefficient (Wildman–Crippen LogP) is 4.55. The van der Waals surface area contributed by atoms with Crippen LogP contribution in [0.1, 0.15) is 25.3 Å². The highest BCUT2D eigenvalue weighted by Crippen LogP contribution is 2.29. The number of alkyl halides is 3. The average Bonchev–Trinajstić information content (AvgIpc) is 2.28. The summed E-state index contributed by atoms with van der Waals surface area (Å²) >= 11 is 1.46. The quantitative estimate of drug-likeness (QED) is 0.438. The van der Waals surface area contributed by atoms with Crippen LogP contribution in [0, 0.1) is 0 Å². The molecule has 0 spiro atoms. The van der Waals surface area contributed by atoms with Crippen LogP contribution in [0.25, 0.3) is 0 Å². The molecule has 0 unspecified atom stereocenters. The zero-order chi connectivity index (χ0) is 12.7. The standard InChI is InChI=1S/C12H14F3NS/c1-2-3-4-5-8-17-11-7-6-10(9-16-11)12(13,14)15/h3-4,6-7,9H,2,5,8H2,1H3/b4-3+. The molecule has 0 saturated heterocycles. The first-order chi connectivity index (χ1) is 8.04. The molecule has 0 saturated carbocycles. The lowest BCUT2D eigenvalue weighted by Crippen LogP contribution is -2.05. The normalized spacial score (nSPS) is 12.2. The maximum absolute atomic E-state index is 12.3. The molecule has 1 aromatic heterocycles. The van der Waals surface area contributed by atoms with Crippen molar-refractivity contribution in [2.24, 2.45) is 0 Å². The van der Waals surface area contributed by atoms with Gasteiger partial charge in [-0.1, -0.05) is 19.1 Å². The summed E-state index contributed by atoms with van der Waals surface area (Å²) in [6.07, 6.45) is 2.62. The van der Waals surface area contributed by atoms with E-state index in [-0.39, 0.29) is 0 Å². The maximum Gasteiger partial charge on any atom is 0.417 e. The topological polar surface area (TPSA) is 12.9 Å². The molecular weight excluding hydrogens is 247 g/mol. The van der Waals surface area contributed by atoms with E-state index in [0.29, 0.717) is 5.03 Å². The molecule has 0 bridgehead atoms. The van der Waals surface area contributed by atoms with Gasteiger partial charge in [-0.25, -0.2) is 4.98 Å². The Labute approximate surface area is 103 Å². The van der Waals surface area contributed by atoms with E-state index in [1.165, 1.54) is 17.8 Å². The van der Waals surface area contributed by atoms with E-state index in [0.717, 1.165) is 30.9 Å². The van der Waals surface area contributed by atoms with E-state index < -0.39 is 11.7 Å². The second kappa shape index (κ2) is 6.69. The number of nitrogens with zero attached hydrogens (tertiary/aromatic N) is 1. The zero-order valence-corrected chi connectivity index (χ0v) is 10.3. The number of halogens is 3. The minimum atomic E-state index is -4.31. The van der Waals surface area contributed by atoms with Crippen molar-refractivity contribution in [3.8, 4) is 0 Å². The third-order valence-corrected chi connectivity index (χ3v) is 2.98. The van der Waals surface area contributed by atoms with Crippen LogP contribution in [0.4, 0.5) is 13.2 Å². The van der Waals surface area contributed by atoms with Crippen LogP contribution >= 0.6 is 11.8 Å². The summed E-state index contributed by atoms with van der Waals surface area (Å²) in [5, 5.41) is 0.628. The highest BCUT2D eigenvalue weighted by Gasteiger charge is 2.30. The van der Waals surface area contributed by atoms with Crippen molar-refractivity contribution >= 4 is 11.8 Å². The molecule has 0 N–H and O–H groups in total. The first-order valence-electron chi connectivity index (χ1n) is 5.35. The van der Waals surface area contributed by atoms with Crippen molar-refractivity contribution in [2.45, 2.75) is 31.0 Å². The fraction of sp³-hybridized carbons (Fsp3) is 0.417. The lowest BCUT2D eigenvalue weighted by atomic mass is 10.3. The minimum absolute atomic E-state index is 0.628. The molecular formula is C12H14F3NS. The molecule has 0 aromatic carbocycles. The molecule has 5 heteroatoms. The van der Waals surface area contributed by atoms with E-state index in [4.69, 9.17) is 0 Å². The van der Waals surface area contributed by atoms with Crippen LogP contribution in [0.5, 0.6) is 0 Å². The van der Waals surface area contributed by atoms with Crippen LogP contribution in [0.2, 0.25) is 0 Å². The van der Waals surface area contributed by atoms with Crippen LogP contribution in [-0.2, 0) is 6.18 Å². The summed E-state index contributed by atoms with van der Waals surface area (Å²) in [5.41, 5.74) is -0.701. The Morgan fingerprint density at radius 1 is 1.29 bits per heavy atom. The van der Waals surface area contributed by atoms with Crippen LogP contribution in [-0.4, -0.2) is 10.7 Å². The van der Waals surface area contributed by atoms with Gasteiger partial charge in [0.2, 0.25) is 0 Å². The number of pyridine rings is 1. The van der Waals surface area contributed by atoms with Crippen molar-refractivity contribution < 1.29 is 13.2 Å². The molecule has 0 atom stereocenters. The molecule has 0 radical (unpaired) electrons. The van der Waals surface area contributed by atoms with Gasteiger partial charge in [0.1, 0.15) is 0 Å². The van der Waals surface area contributed by atoms with Gasteiger partial charge in [0.15, 0.2) is 0 Å². The number of hydrogen-bond acceptors (Lipinski definition) is 2. The van der Waals surface area contributed by atoms with E-state index >= 15 is 0 Å². The third kappa shape index (κ3) is 5.26. The Hall–Kier alpha value is -0.970. The fourth-order valence-electron chi connectivity index (χ4n) is 1.15. The van der Waals surface area contributed by atoms with Gasteiger partial charge in [0.05, 0.1) is 10.6 Å². The van der Waals surface area contributed by atoms with Gasteiger partial charge >= 0.3 is 6.18 Å². The van der Waals surface area contributed by atoms with Crippen molar-refractivity contribution in [1.29, 1.82) is 0 Å². The first-order valence-corrected chi connectivity index (χ1v) is 6.33. The molecule has 1 heterocycles. The Kier molecular flexibility index (Phi) is 5.55. The van der Waals surface area contributed by atoms with E-state index in [1.807, 2.05) is 0 Å². The van der Waals surface area contributed by atoms with E-state index in [9.17, 15) is 13.2 Å². The van der Waals surface area contributed by atoms with Gasteiger partial charge < -0.3 is 0 Å². The number of rotatable bonds is 5. The van der Waals surface area contributed by atoms with Crippen molar-refractivity contribution in [2.75, 3.05) is 5.75 Å². The maximum atomic E-state index is 12.3. The average molecular weight is 261 g/mol. The van der Waals surface area contributed by atoms with Crippen molar-refractivity contribution in [3.05, 3.63) is 36.0 Å². The van der Waals surface area contributed by atoms with Crippen LogP contribution < -0.4 is 0 Å². The molecule has 0 aliphatic carbocycles. The molecule has 1 aromatic rings. The summed E-state index contributed by atoms with van der Waals surface area (Å²) in [6, 6.07) is 2.48. The van der Waals surface area contributed by atoms with Gasteiger partial charge in [-0.3, -0.25) is 0 Å². The molecule has 94 valence electrons. The molecule has 0 aliphatic heterocycles. The SMILES string of the molecule is CC/C=C/CCSc1ccc(C(F)(F)F)cn1. The molecule has 0 fully saturated rings. The molecule has 0 amide bonds. The molecule has 17 heavy (non-hydrogen) atoms. The van der Waals surface area contributed by atoms with Gasteiger partial charge in [-0.05, 0) is 25.0 Å². The monoisotopic (exact) mass is 261 g/mol. The lowest BCUT2D eigenvalue weighted by molar-refractivity contribution is -0.137. The zero-order valence-electron chi connectivity index (χ0n) is 9.50. The number of allylic oxidation sites excluding steroid dienone is 2. The van der Waals surface area contributed by atoms with Crippen LogP contribution in [0.3, 0.4) is 0 Å². The lowest BCUT2D eigenvalue weighted by Gasteiger charge is -2.06. The van der Waals surface area contributed by atoms with Gasteiger partial charge in [-0.15, -0.1) is 11.8 Å². The molecule has 1 nitrogen and oxygen atoms in total. The summed E-state index contributed by atoms with van der Waals surface area (Å²) < 4.78 is 36.8. The summed E-state index contributed by atoms with van der Waals surface area (Å²) in [7, 11) is 0. The Balaban J connectivity index is 2.43. The summed E-state index contributed by atoms with van der Waals surface area (Å²) in [6.45, 7) is 2.06. The van der Waals surface area contributed by atoms with Crippen molar-refractivity contribution in [3.63, 3.8) is 0 Å². The highest BCUT2D eigenvalue weighted by atomic mass is 32.2. The summed E-state index contributed by atoms with van der Waals surface area (Å²) in [4.78, 5) is 3.78. The van der Waals surface area contributed by atoms with Gasteiger partial charge in [0, 0.05) is 11.9 Å². The second-order valence-corrected chi connectivity index (χ2v) is 4.51. The third-order valence-electron chi connectivity index (χ3n) is 2.00. The Bertz CT molecular complexity index is 357. The van der Waals surface area contributed by atoms with Gasteiger partial charge in [0.25, 0.3) is 0 Å². The largest absolute Gasteiger partial charge is 0.417 e. The fourth-order valence-corrected chi connectivity index (χ4v) is 1.90. The highest BCUT2D eigenvalue weighted by molar-refractivity contribution is 7.99. The molecule has 0 aliphatic rings. The van der Waals surface area contributed by atoms with E-state index in [1.54, 1.807) is 0 Å². The van der Waals surface area contributed by atoms with E-state index in [2.05, 4.69) is 24.1 Å². The number of aromatic nitrogens is 1. The van der Waals surface area contributed by atoms with Crippen molar-refractivity contribution in [1.82, 2.24) is 4.98 Å². The van der Waals surface area contributed by atoms with Gasteiger partial charge in [-0.2, -0.15) is 13.2 Å². The number of thioether (sulfide) groups is 1. The summed E-state index contributed by atoms with van der Waals surface area (Å²) in [5.74, 6) is 0.828. The molecule has 1 rings (SSSR count). The Morgan fingerprint density at radius 2 is 2.06 bits per heavy atom. The number of hydrogen-bond donors (Lipinski definition) is 0. The second-order valence-electron chi connectivity index (χ2n) is 3.40. The van der Waals surface area contributed by atoms with Crippen LogP contribution in [0.15, 0.2) is 35.5 Å². The predicted molar refractivity (Wildman–Crippen MR) is 64.0 cm³/mol. The minimum Gasteiger partial charge on any atom is -0.249 e. The Morgan fingerprint density at radius 3 is 2.59 bits per heavy atom.